The van der Waals surface area contributed by atoms with Crippen LogP contribution < -0.4 is 10.1 Å². The van der Waals surface area contributed by atoms with Crippen LogP contribution in [0.25, 0.3) is 0 Å². The quantitative estimate of drug-likeness (QED) is 0.793. The molecule has 2 amide bonds. The van der Waals surface area contributed by atoms with E-state index in [1.807, 2.05) is 0 Å². The molecular weight excluding hydrogens is 329 g/mol. The van der Waals surface area contributed by atoms with Gasteiger partial charge in [-0.1, -0.05) is 19.1 Å². The average molecular weight is 348 g/mol. The van der Waals surface area contributed by atoms with E-state index in [9.17, 15) is 22.8 Å². The second-order valence-corrected chi connectivity index (χ2v) is 5.33. The van der Waals surface area contributed by atoms with Crippen LogP contribution in [0.1, 0.15) is 12.5 Å². The summed E-state index contributed by atoms with van der Waals surface area (Å²) in [7, 11) is 1.46. The number of alkyl halides is 3. The molecule has 24 heavy (non-hydrogen) atoms. The molecule has 1 rings (SSSR count). The van der Waals surface area contributed by atoms with Crippen LogP contribution in [0.3, 0.4) is 0 Å². The molecule has 0 saturated heterocycles. The lowest BCUT2D eigenvalue weighted by Gasteiger charge is -2.20. The van der Waals surface area contributed by atoms with Crippen LogP contribution in [0.5, 0.6) is 5.75 Å². The van der Waals surface area contributed by atoms with Gasteiger partial charge in [0.25, 0.3) is 0 Å². The highest BCUT2D eigenvalue weighted by Crippen LogP contribution is 2.19. The third kappa shape index (κ3) is 7.21. The minimum absolute atomic E-state index is 0.0376. The summed E-state index contributed by atoms with van der Waals surface area (Å²) in [5, 5.41) is 11.4. The molecule has 0 spiro atoms. The van der Waals surface area contributed by atoms with E-state index in [2.05, 4.69) is 10.1 Å². The van der Waals surface area contributed by atoms with Crippen molar-refractivity contribution >= 4 is 12.0 Å². The number of rotatable bonds is 7. The number of aliphatic carboxylic acids is 1. The average Bonchev–Trinajstić information content (AvgIpc) is 2.50. The van der Waals surface area contributed by atoms with E-state index in [1.165, 1.54) is 37.1 Å². The highest BCUT2D eigenvalue weighted by molar-refractivity contribution is 5.75. The van der Waals surface area contributed by atoms with Crippen molar-refractivity contribution in [3.05, 3.63) is 29.8 Å². The zero-order chi connectivity index (χ0) is 18.3. The van der Waals surface area contributed by atoms with E-state index in [0.717, 1.165) is 0 Å². The molecule has 1 aromatic carbocycles. The molecule has 1 atom stereocenters. The lowest BCUT2D eigenvalue weighted by Crippen LogP contribution is -2.40. The first-order valence-electron chi connectivity index (χ1n) is 7.08. The van der Waals surface area contributed by atoms with Gasteiger partial charge in [0.1, 0.15) is 5.75 Å². The van der Waals surface area contributed by atoms with E-state index in [-0.39, 0.29) is 18.8 Å². The summed E-state index contributed by atoms with van der Waals surface area (Å²) in [5.41, 5.74) is 0.558. The standard InChI is InChI=1S/C15H19F3N2O4/c1-10(13(21)22)8-20(2)14(23)19-7-11-4-3-5-12(6-11)24-9-15(16,17)18/h3-6,10H,7-9H2,1-2H3,(H,19,23)(H,21,22). The first-order chi connectivity index (χ1) is 11.1. The summed E-state index contributed by atoms with van der Waals surface area (Å²) >= 11 is 0. The van der Waals surface area contributed by atoms with Gasteiger partial charge in [-0.05, 0) is 17.7 Å². The molecular formula is C15H19F3N2O4. The largest absolute Gasteiger partial charge is 0.484 e. The minimum atomic E-state index is -4.42. The molecule has 0 radical (unpaired) electrons. The smallest absolute Gasteiger partial charge is 0.422 e. The van der Waals surface area contributed by atoms with Crippen LogP contribution in [0.15, 0.2) is 24.3 Å². The van der Waals surface area contributed by atoms with Crippen molar-refractivity contribution in [2.75, 3.05) is 20.2 Å². The lowest BCUT2D eigenvalue weighted by atomic mass is 10.2. The molecule has 0 heterocycles. The van der Waals surface area contributed by atoms with Gasteiger partial charge in [-0.25, -0.2) is 4.79 Å². The van der Waals surface area contributed by atoms with Crippen LogP contribution in [-0.2, 0) is 11.3 Å². The predicted octanol–water partition coefficient (Wildman–Crippen LogP) is 2.49. The topological polar surface area (TPSA) is 78.9 Å². The minimum Gasteiger partial charge on any atom is -0.484 e. The summed E-state index contributed by atoms with van der Waals surface area (Å²) in [4.78, 5) is 23.8. The number of carbonyl (C=O) groups is 2. The summed E-state index contributed by atoms with van der Waals surface area (Å²) in [6, 6.07) is 5.44. The number of nitrogens with zero attached hydrogens (tertiary/aromatic N) is 1. The molecule has 1 aromatic rings. The Bertz CT molecular complexity index is 578. The summed E-state index contributed by atoms with van der Waals surface area (Å²) in [6.45, 7) is 0.204. The maximum Gasteiger partial charge on any atom is 0.422 e. The summed E-state index contributed by atoms with van der Waals surface area (Å²) in [6.07, 6.45) is -4.42. The number of hydrogen-bond acceptors (Lipinski definition) is 3. The van der Waals surface area contributed by atoms with Crippen LogP contribution in [-0.4, -0.2) is 48.4 Å². The molecule has 9 heteroatoms. The van der Waals surface area contributed by atoms with Gasteiger partial charge in [-0.3, -0.25) is 4.79 Å². The van der Waals surface area contributed by atoms with Gasteiger partial charge < -0.3 is 20.1 Å². The molecule has 134 valence electrons. The van der Waals surface area contributed by atoms with Gasteiger partial charge in [-0.2, -0.15) is 13.2 Å². The third-order valence-corrected chi connectivity index (χ3v) is 3.06. The number of carbonyl (C=O) groups excluding carboxylic acids is 1. The first-order valence-corrected chi connectivity index (χ1v) is 7.08. The number of nitrogens with one attached hydrogen (secondary N) is 1. The summed E-state index contributed by atoms with van der Waals surface area (Å²) < 4.78 is 41.0. The van der Waals surface area contributed by atoms with Gasteiger partial charge in [0.05, 0.1) is 5.92 Å². The Kier molecular flexibility index (Phi) is 6.87. The molecule has 1 unspecified atom stereocenters. The van der Waals surface area contributed by atoms with E-state index in [0.29, 0.717) is 5.56 Å². The molecule has 0 bridgehead atoms. The number of carboxylic acid groups (broad SMARTS) is 1. The van der Waals surface area contributed by atoms with Crippen molar-refractivity contribution < 1.29 is 32.6 Å². The maximum atomic E-state index is 12.1. The fourth-order valence-electron chi connectivity index (χ4n) is 1.79. The monoisotopic (exact) mass is 348 g/mol. The van der Waals surface area contributed by atoms with E-state index in [1.54, 1.807) is 6.07 Å². The second kappa shape index (κ2) is 8.42. The Hall–Kier alpha value is -2.45. The Morgan fingerprint density at radius 1 is 1.38 bits per heavy atom. The van der Waals surface area contributed by atoms with Gasteiger partial charge in [-0.15, -0.1) is 0 Å². The molecule has 0 aliphatic carbocycles. The van der Waals surface area contributed by atoms with E-state index < -0.39 is 30.7 Å². The SMILES string of the molecule is CC(CN(C)C(=O)NCc1cccc(OCC(F)(F)F)c1)C(=O)O. The van der Waals surface area contributed by atoms with Crippen LogP contribution in [0.2, 0.25) is 0 Å². The number of ether oxygens (including phenoxy) is 1. The number of carboxylic acids is 1. The lowest BCUT2D eigenvalue weighted by molar-refractivity contribution is -0.153. The zero-order valence-electron chi connectivity index (χ0n) is 13.3. The maximum absolute atomic E-state index is 12.1. The van der Waals surface area contributed by atoms with Crippen molar-refractivity contribution in [2.24, 2.45) is 5.92 Å². The first kappa shape index (κ1) is 19.6. The molecule has 6 nitrogen and oxygen atoms in total. The summed E-state index contributed by atoms with van der Waals surface area (Å²) in [5.74, 6) is -1.67. The Morgan fingerprint density at radius 2 is 2.04 bits per heavy atom. The number of amides is 2. The van der Waals surface area contributed by atoms with Crippen molar-refractivity contribution in [3.8, 4) is 5.75 Å². The van der Waals surface area contributed by atoms with Crippen LogP contribution >= 0.6 is 0 Å². The Morgan fingerprint density at radius 3 is 2.62 bits per heavy atom. The normalized spacial score (nSPS) is 12.4. The van der Waals surface area contributed by atoms with Gasteiger partial charge in [0.2, 0.25) is 0 Å². The highest BCUT2D eigenvalue weighted by atomic mass is 19.4. The molecule has 0 fully saturated rings. The van der Waals surface area contributed by atoms with E-state index >= 15 is 0 Å². The van der Waals surface area contributed by atoms with Gasteiger partial charge in [0, 0.05) is 20.1 Å². The Labute approximate surface area is 137 Å². The zero-order valence-corrected chi connectivity index (χ0v) is 13.3. The molecule has 0 aliphatic heterocycles. The number of urea groups is 1. The number of benzene rings is 1. The fourth-order valence-corrected chi connectivity index (χ4v) is 1.79. The van der Waals surface area contributed by atoms with Gasteiger partial charge in [0.15, 0.2) is 6.61 Å². The van der Waals surface area contributed by atoms with Crippen molar-refractivity contribution in [2.45, 2.75) is 19.6 Å². The highest BCUT2D eigenvalue weighted by Gasteiger charge is 2.28. The molecule has 0 aromatic heterocycles. The number of halogens is 3. The van der Waals surface area contributed by atoms with Crippen molar-refractivity contribution in [1.82, 2.24) is 10.2 Å². The fraction of sp³-hybridized carbons (Fsp3) is 0.467. The second-order valence-electron chi connectivity index (χ2n) is 5.33. The predicted molar refractivity (Wildman–Crippen MR) is 79.7 cm³/mol. The van der Waals surface area contributed by atoms with Crippen molar-refractivity contribution in [1.29, 1.82) is 0 Å². The van der Waals surface area contributed by atoms with Gasteiger partial charge >= 0.3 is 18.2 Å². The Balaban J connectivity index is 2.52. The third-order valence-electron chi connectivity index (χ3n) is 3.06. The van der Waals surface area contributed by atoms with Crippen LogP contribution in [0, 0.1) is 5.92 Å². The molecule has 0 saturated carbocycles. The van der Waals surface area contributed by atoms with E-state index in [4.69, 9.17) is 5.11 Å². The van der Waals surface area contributed by atoms with Crippen LogP contribution in [0.4, 0.5) is 18.0 Å². The van der Waals surface area contributed by atoms with Crippen molar-refractivity contribution in [3.63, 3.8) is 0 Å². The molecule has 2 N–H and O–H groups in total. The number of hydrogen-bond donors (Lipinski definition) is 2. The molecule has 0 aliphatic rings.